The fourth-order valence-electron chi connectivity index (χ4n) is 7.59. The van der Waals surface area contributed by atoms with Gasteiger partial charge in [0.15, 0.2) is 23.0 Å². The Morgan fingerprint density at radius 1 is 0.711 bits per heavy atom. The Kier molecular flexibility index (Phi) is 6.80. The number of fused-ring (bicyclic) bond motifs is 2. The number of methoxy groups -OCH3 is 2. The largest absolute Gasteiger partial charge is 0.507 e. The van der Waals surface area contributed by atoms with Gasteiger partial charge in [0.25, 0.3) is 0 Å². The van der Waals surface area contributed by atoms with Gasteiger partial charge in [0.1, 0.15) is 11.5 Å². The van der Waals surface area contributed by atoms with E-state index in [0.717, 1.165) is 72.3 Å². The number of hydrogen-bond acceptors (Lipinski definition) is 8. The van der Waals surface area contributed by atoms with E-state index < -0.39 is 0 Å². The zero-order chi connectivity index (χ0) is 30.8. The fourth-order valence-corrected chi connectivity index (χ4v) is 7.59. The molecule has 0 aliphatic carbocycles. The zero-order valence-electron chi connectivity index (χ0n) is 26.2. The van der Waals surface area contributed by atoms with Crippen molar-refractivity contribution >= 4 is 0 Å². The minimum Gasteiger partial charge on any atom is -0.507 e. The highest BCUT2D eigenvalue weighted by Gasteiger charge is 2.36. The highest BCUT2D eigenvalue weighted by atomic mass is 16.7. The Morgan fingerprint density at radius 2 is 1.44 bits per heavy atom. The maximum atomic E-state index is 11.0. The Morgan fingerprint density at radius 3 is 2.27 bits per heavy atom. The molecule has 45 heavy (non-hydrogen) atoms. The lowest BCUT2D eigenvalue weighted by Crippen LogP contribution is -2.34. The summed E-state index contributed by atoms with van der Waals surface area (Å²) in [5.74, 6) is 4.24. The van der Waals surface area contributed by atoms with Gasteiger partial charge in [-0.3, -0.25) is 9.80 Å². The molecule has 2 atom stereocenters. The first-order chi connectivity index (χ1) is 21.9. The highest BCUT2D eigenvalue weighted by molar-refractivity contribution is 5.76. The van der Waals surface area contributed by atoms with E-state index in [-0.39, 0.29) is 24.6 Å². The molecule has 0 saturated heterocycles. The van der Waals surface area contributed by atoms with Gasteiger partial charge in [-0.2, -0.15) is 0 Å². The van der Waals surface area contributed by atoms with Gasteiger partial charge < -0.3 is 28.8 Å². The normalized spacial score (nSPS) is 20.3. The fraction of sp³-hybridized carbons (Fsp3) is 0.351. The number of ether oxygens (including phenoxy) is 5. The van der Waals surface area contributed by atoms with Crippen molar-refractivity contribution in [2.75, 3.05) is 48.2 Å². The van der Waals surface area contributed by atoms with Gasteiger partial charge in [-0.15, -0.1) is 0 Å². The predicted octanol–water partition coefficient (Wildman–Crippen LogP) is 6.45. The second-order valence-electron chi connectivity index (χ2n) is 12.6. The first kappa shape index (κ1) is 28.1. The maximum Gasteiger partial charge on any atom is 0.231 e. The molecule has 5 heterocycles. The van der Waals surface area contributed by atoms with Crippen LogP contribution in [0.2, 0.25) is 0 Å². The van der Waals surface area contributed by atoms with Gasteiger partial charge in [-0.1, -0.05) is 18.2 Å². The summed E-state index contributed by atoms with van der Waals surface area (Å²) in [4.78, 5) is 4.79. The summed E-state index contributed by atoms with van der Waals surface area (Å²) in [6, 6.07) is 18.8. The van der Waals surface area contributed by atoms with Gasteiger partial charge in [0.2, 0.25) is 12.5 Å². The molecule has 0 aromatic heterocycles. The van der Waals surface area contributed by atoms with Crippen molar-refractivity contribution in [1.29, 1.82) is 0 Å². The van der Waals surface area contributed by atoms with Crippen LogP contribution in [-0.4, -0.2) is 63.1 Å². The molecular weight excluding hydrogens is 568 g/mol. The summed E-state index contributed by atoms with van der Waals surface area (Å²) >= 11 is 0. The molecule has 8 heteroatoms. The maximum absolute atomic E-state index is 11.0. The lowest BCUT2D eigenvalue weighted by molar-refractivity contribution is 0.101. The summed E-state index contributed by atoms with van der Waals surface area (Å²) in [7, 11) is 7.71. The Labute approximate surface area is 263 Å². The Bertz CT molecular complexity index is 1820. The van der Waals surface area contributed by atoms with Gasteiger partial charge in [0, 0.05) is 41.9 Å². The van der Waals surface area contributed by atoms with Crippen molar-refractivity contribution in [3.8, 4) is 51.4 Å². The molecule has 0 unspecified atom stereocenters. The lowest BCUT2D eigenvalue weighted by atomic mass is 9.87. The number of aromatic hydroxyl groups is 1. The van der Waals surface area contributed by atoms with Crippen LogP contribution in [0.15, 0.2) is 54.6 Å². The molecule has 7 bridgehead atoms. The molecule has 5 aliphatic rings. The second kappa shape index (κ2) is 10.9. The van der Waals surface area contributed by atoms with Crippen LogP contribution >= 0.6 is 0 Å². The van der Waals surface area contributed by atoms with Crippen molar-refractivity contribution in [1.82, 2.24) is 9.80 Å². The average Bonchev–Trinajstić information content (AvgIpc) is 3.04. The van der Waals surface area contributed by atoms with E-state index in [1.165, 1.54) is 16.7 Å². The van der Waals surface area contributed by atoms with E-state index in [0.29, 0.717) is 28.7 Å². The second-order valence-corrected chi connectivity index (χ2v) is 12.6. The van der Waals surface area contributed by atoms with E-state index in [2.05, 4.69) is 66.4 Å². The van der Waals surface area contributed by atoms with Crippen molar-refractivity contribution in [2.45, 2.75) is 37.8 Å². The first-order valence-electron chi connectivity index (χ1n) is 15.7. The van der Waals surface area contributed by atoms with Crippen LogP contribution < -0.4 is 23.7 Å². The lowest BCUT2D eigenvalue weighted by Gasteiger charge is -2.38. The number of hydrogen-bond donors (Lipinski definition) is 1. The summed E-state index contributed by atoms with van der Waals surface area (Å²) in [5, 5.41) is 11.0. The summed E-state index contributed by atoms with van der Waals surface area (Å²) in [6.45, 7) is 1.88. The van der Waals surface area contributed by atoms with E-state index >= 15 is 0 Å². The zero-order valence-corrected chi connectivity index (χ0v) is 26.2. The van der Waals surface area contributed by atoms with Crippen LogP contribution in [0.3, 0.4) is 0 Å². The minimum atomic E-state index is 0.0141. The average molecular weight is 607 g/mol. The van der Waals surface area contributed by atoms with Gasteiger partial charge in [0.05, 0.1) is 14.2 Å². The molecular formula is C37H38N2O6. The van der Waals surface area contributed by atoms with Crippen LogP contribution in [0.4, 0.5) is 0 Å². The summed E-state index contributed by atoms with van der Waals surface area (Å²) in [5.41, 5.74) is 8.68. The van der Waals surface area contributed by atoms with Crippen LogP contribution in [0.5, 0.6) is 40.2 Å². The van der Waals surface area contributed by atoms with Crippen molar-refractivity contribution in [3.05, 3.63) is 88.0 Å². The number of likely N-dealkylation sites (N-methyl/N-ethyl adjacent to an activating group) is 2. The van der Waals surface area contributed by atoms with Gasteiger partial charge in [-0.25, -0.2) is 0 Å². The molecule has 5 aliphatic heterocycles. The molecule has 4 aromatic rings. The van der Waals surface area contributed by atoms with Crippen LogP contribution in [-0.2, 0) is 25.7 Å². The summed E-state index contributed by atoms with van der Waals surface area (Å²) < 4.78 is 31.3. The Hall–Kier alpha value is -4.40. The number of rotatable bonds is 2. The summed E-state index contributed by atoms with van der Waals surface area (Å²) in [6.07, 6.45) is 3.28. The molecule has 1 N–H and O–H groups in total. The van der Waals surface area contributed by atoms with Crippen molar-refractivity contribution < 1.29 is 28.8 Å². The predicted molar refractivity (Wildman–Crippen MR) is 171 cm³/mol. The van der Waals surface area contributed by atoms with E-state index in [4.69, 9.17) is 23.7 Å². The number of phenolic OH excluding ortho intramolecular Hbond substituents is 1. The molecule has 0 saturated carbocycles. The van der Waals surface area contributed by atoms with Gasteiger partial charge in [-0.05, 0) is 104 Å². The molecule has 0 spiro atoms. The highest BCUT2D eigenvalue weighted by Crippen LogP contribution is 2.53. The molecule has 0 radical (unpaired) electrons. The number of benzene rings is 4. The standard InChI is InChI=1S/C37H38N2O6/c1-38-11-9-23-17-32-33-19-26(23)28(38)14-21-6-8-30(40)27(13-21)25-7-5-22(16-31(25)41-3)15-29-35-24(10-12-39(29)2)18-34(42-4)36(37(35)45-33)44-20-43-32/h5-8,13,16-19,28-29,40H,9-12,14-15,20H2,1-4H3/t28-,29+/m1/s1. The van der Waals surface area contributed by atoms with E-state index in [1.807, 2.05) is 6.07 Å². The Balaban J connectivity index is 1.40. The van der Waals surface area contributed by atoms with Crippen LogP contribution in [0.25, 0.3) is 11.1 Å². The SMILES string of the molecule is COc1cc2ccc1-c1cc(ccc1O)C[C@@H]1c3cc4c(cc3CCN1C)OCOc1c(OC)cc3c(c1O4)[C@H](C2)N(C)CC3. The third kappa shape index (κ3) is 4.66. The quantitative estimate of drug-likeness (QED) is 0.279. The minimum absolute atomic E-state index is 0.0141. The van der Waals surface area contributed by atoms with Crippen molar-refractivity contribution in [2.24, 2.45) is 0 Å². The molecule has 0 fully saturated rings. The molecule has 0 amide bonds. The van der Waals surface area contributed by atoms with Gasteiger partial charge >= 0.3 is 0 Å². The topological polar surface area (TPSA) is 72.9 Å². The molecule has 8 nitrogen and oxygen atoms in total. The number of nitrogens with zero attached hydrogens (tertiary/aromatic N) is 2. The molecule has 9 rings (SSSR count). The first-order valence-corrected chi connectivity index (χ1v) is 15.7. The van der Waals surface area contributed by atoms with Crippen LogP contribution in [0.1, 0.15) is 45.5 Å². The number of phenols is 1. The van der Waals surface area contributed by atoms with Crippen LogP contribution in [0, 0.1) is 0 Å². The van der Waals surface area contributed by atoms with E-state index in [1.54, 1.807) is 20.3 Å². The van der Waals surface area contributed by atoms with Crippen molar-refractivity contribution in [3.63, 3.8) is 0 Å². The third-order valence-corrected chi connectivity index (χ3v) is 10.1. The van der Waals surface area contributed by atoms with E-state index in [9.17, 15) is 5.11 Å². The smallest absolute Gasteiger partial charge is 0.231 e. The monoisotopic (exact) mass is 606 g/mol. The third-order valence-electron chi connectivity index (χ3n) is 10.1. The molecule has 4 aromatic carbocycles. The molecule has 232 valence electrons.